The zero-order chi connectivity index (χ0) is 19.7. The molecule has 27 heavy (non-hydrogen) atoms. The van der Waals surface area contributed by atoms with E-state index >= 15 is 0 Å². The Morgan fingerprint density at radius 3 is 2.11 bits per heavy atom. The van der Waals surface area contributed by atoms with Crippen LogP contribution >= 0.6 is 23.5 Å². The Morgan fingerprint density at radius 2 is 1.59 bits per heavy atom. The number of aromatic nitrogens is 2. The van der Waals surface area contributed by atoms with Crippen LogP contribution in [0.4, 0.5) is 0 Å². The van der Waals surface area contributed by atoms with E-state index in [4.69, 9.17) is 10.5 Å². The summed E-state index contributed by atoms with van der Waals surface area (Å²) in [6.45, 7) is 1.43. The van der Waals surface area contributed by atoms with Crippen molar-refractivity contribution in [1.82, 2.24) is 31.2 Å². The molecule has 0 aliphatic heterocycles. The molecule has 0 saturated heterocycles. The highest BCUT2D eigenvalue weighted by molar-refractivity contribution is 7.98. The topological polar surface area (TPSA) is 149 Å². The maximum atomic E-state index is 8.57. The summed E-state index contributed by atoms with van der Waals surface area (Å²) in [7, 11) is 3.25. The van der Waals surface area contributed by atoms with Gasteiger partial charge in [0.25, 0.3) is 0 Å². The highest BCUT2D eigenvalue weighted by atomic mass is 32.2. The van der Waals surface area contributed by atoms with Crippen LogP contribution in [0.1, 0.15) is 11.4 Å². The van der Waals surface area contributed by atoms with Crippen LogP contribution < -0.4 is 21.3 Å². The minimum Gasteiger partial charge on any atom is -0.355 e. The number of thioether (sulfide) groups is 2. The van der Waals surface area contributed by atoms with Crippen LogP contribution in [-0.2, 0) is 11.5 Å². The molecule has 5 N–H and O–H groups in total. The largest absolute Gasteiger partial charge is 0.355 e. The first-order chi connectivity index (χ1) is 13.2. The van der Waals surface area contributed by atoms with Crippen LogP contribution in [0.2, 0.25) is 0 Å². The molecule has 1 aromatic heterocycles. The SMILES string of the molecule is CN=C(NC#N)NCCSCc1nc[nH]c1CSCCNC(=NC)NC#N. The zero-order valence-electron chi connectivity index (χ0n) is 15.4. The summed E-state index contributed by atoms with van der Waals surface area (Å²) < 4.78 is 0. The molecule has 0 aliphatic carbocycles. The van der Waals surface area contributed by atoms with Crippen molar-refractivity contribution in [2.24, 2.45) is 9.98 Å². The van der Waals surface area contributed by atoms with Gasteiger partial charge in [-0.1, -0.05) is 0 Å². The third-order valence-corrected chi connectivity index (χ3v) is 5.12. The van der Waals surface area contributed by atoms with Gasteiger partial charge in [0, 0.05) is 55.9 Å². The van der Waals surface area contributed by atoms with E-state index in [-0.39, 0.29) is 0 Å². The highest BCUT2D eigenvalue weighted by Gasteiger charge is 2.06. The Balaban J connectivity index is 2.21. The predicted molar refractivity (Wildman–Crippen MR) is 111 cm³/mol. The molecule has 0 aromatic carbocycles. The molecule has 0 radical (unpaired) electrons. The third-order valence-electron chi connectivity index (χ3n) is 3.17. The monoisotopic (exact) mass is 408 g/mol. The fourth-order valence-corrected chi connectivity index (χ4v) is 3.57. The summed E-state index contributed by atoms with van der Waals surface area (Å²) in [4.78, 5) is 15.4. The van der Waals surface area contributed by atoms with Crippen LogP contribution in [0, 0.1) is 22.9 Å². The number of aromatic amines is 1. The number of guanidine groups is 2. The molecule has 0 unspecified atom stereocenters. The van der Waals surface area contributed by atoms with Gasteiger partial charge in [0.1, 0.15) is 0 Å². The molecule has 1 aromatic rings. The van der Waals surface area contributed by atoms with E-state index in [1.165, 1.54) is 0 Å². The van der Waals surface area contributed by atoms with E-state index in [0.717, 1.165) is 34.4 Å². The second-order valence-electron chi connectivity index (χ2n) is 4.90. The van der Waals surface area contributed by atoms with Gasteiger partial charge in [0.15, 0.2) is 12.4 Å². The Bertz CT molecular complexity index is 629. The molecule has 0 fully saturated rings. The van der Waals surface area contributed by atoms with E-state index in [9.17, 15) is 0 Å². The number of hydrogen-bond donors (Lipinski definition) is 5. The van der Waals surface area contributed by atoms with Gasteiger partial charge in [0.05, 0.1) is 12.0 Å². The Labute approximate surface area is 167 Å². The quantitative estimate of drug-likeness (QED) is 0.120. The number of H-pyrrole nitrogens is 1. The molecule has 0 aliphatic rings. The smallest absolute Gasteiger partial charge is 0.204 e. The highest BCUT2D eigenvalue weighted by Crippen LogP contribution is 2.17. The van der Waals surface area contributed by atoms with Gasteiger partial charge in [-0.3, -0.25) is 20.6 Å². The van der Waals surface area contributed by atoms with Gasteiger partial charge in [-0.15, -0.1) is 0 Å². The third kappa shape index (κ3) is 9.63. The van der Waals surface area contributed by atoms with Crippen LogP contribution in [0.5, 0.6) is 0 Å². The van der Waals surface area contributed by atoms with Gasteiger partial charge in [-0.25, -0.2) is 4.98 Å². The van der Waals surface area contributed by atoms with E-state index in [0.29, 0.717) is 25.0 Å². The number of nitrogens with zero attached hydrogens (tertiary/aromatic N) is 5. The van der Waals surface area contributed by atoms with Crippen LogP contribution in [0.25, 0.3) is 0 Å². The van der Waals surface area contributed by atoms with Crippen molar-refractivity contribution in [3.8, 4) is 12.4 Å². The summed E-state index contributed by atoms with van der Waals surface area (Å²) in [5.41, 5.74) is 2.18. The van der Waals surface area contributed by atoms with Crippen molar-refractivity contribution in [3.63, 3.8) is 0 Å². The van der Waals surface area contributed by atoms with Crippen LogP contribution in [0.3, 0.4) is 0 Å². The van der Waals surface area contributed by atoms with E-state index in [2.05, 4.69) is 41.2 Å². The lowest BCUT2D eigenvalue weighted by molar-refractivity contribution is 0.929. The minimum absolute atomic E-state index is 0.477. The molecule has 1 rings (SSSR count). The van der Waals surface area contributed by atoms with Crippen molar-refractivity contribution >= 4 is 35.4 Å². The number of nitriles is 2. The molecule has 0 atom stereocenters. The van der Waals surface area contributed by atoms with Gasteiger partial charge in [0.2, 0.25) is 11.9 Å². The van der Waals surface area contributed by atoms with Crippen molar-refractivity contribution in [3.05, 3.63) is 17.7 Å². The number of hydrogen-bond acceptors (Lipinski definition) is 7. The summed E-state index contributed by atoms with van der Waals surface area (Å²) in [5, 5.41) is 28.2. The number of rotatable bonds is 10. The number of imidazole rings is 1. The van der Waals surface area contributed by atoms with Gasteiger partial charge in [-0.05, 0) is 0 Å². The summed E-state index contributed by atoms with van der Waals surface area (Å²) in [5.74, 6) is 4.38. The zero-order valence-corrected chi connectivity index (χ0v) is 17.0. The maximum Gasteiger partial charge on any atom is 0.204 e. The van der Waals surface area contributed by atoms with Crippen molar-refractivity contribution < 1.29 is 0 Å². The molecule has 12 heteroatoms. The number of nitrogens with one attached hydrogen (secondary N) is 5. The van der Waals surface area contributed by atoms with Crippen molar-refractivity contribution in [2.75, 3.05) is 38.7 Å². The lowest BCUT2D eigenvalue weighted by Gasteiger charge is -2.08. The molecular formula is C15H24N10S2. The first-order valence-corrected chi connectivity index (χ1v) is 10.4. The molecule has 146 valence electrons. The van der Waals surface area contributed by atoms with Gasteiger partial charge in [-0.2, -0.15) is 34.0 Å². The summed E-state index contributed by atoms with van der Waals surface area (Å²) >= 11 is 3.54. The van der Waals surface area contributed by atoms with E-state index in [1.54, 1.807) is 43.9 Å². The fraction of sp³-hybridized carbons (Fsp3) is 0.533. The second kappa shape index (κ2) is 14.6. The Morgan fingerprint density at radius 1 is 1.04 bits per heavy atom. The average molecular weight is 409 g/mol. The van der Waals surface area contributed by atoms with Gasteiger partial charge < -0.3 is 15.6 Å². The van der Waals surface area contributed by atoms with Gasteiger partial charge >= 0.3 is 0 Å². The molecule has 0 amide bonds. The van der Waals surface area contributed by atoms with Crippen molar-refractivity contribution in [1.29, 1.82) is 10.5 Å². The Hall–Kier alpha value is -2.57. The molecular weight excluding hydrogens is 384 g/mol. The standard InChI is InChI=1S/C15H24N10S2/c1-18-14(22-9-16)20-3-5-26-7-12-13(25-11-24-12)8-27-6-4-21-15(19-2)23-10-17/h11H,3-8H2,1-2H3,(H,24,25)(H2,18,20,22)(H2,19,21,23). The molecule has 10 nitrogen and oxygen atoms in total. The lowest BCUT2D eigenvalue weighted by Crippen LogP contribution is -2.35. The molecule has 0 spiro atoms. The second-order valence-corrected chi connectivity index (χ2v) is 7.11. The van der Waals surface area contributed by atoms with E-state index in [1.807, 2.05) is 12.4 Å². The summed E-state index contributed by atoms with van der Waals surface area (Å²) in [6.07, 6.45) is 5.40. The van der Waals surface area contributed by atoms with Crippen molar-refractivity contribution in [2.45, 2.75) is 11.5 Å². The molecule has 0 bridgehead atoms. The fourth-order valence-electron chi connectivity index (χ4n) is 1.89. The first-order valence-electron chi connectivity index (χ1n) is 8.13. The summed E-state index contributed by atoms with van der Waals surface area (Å²) in [6, 6.07) is 0. The predicted octanol–water partition coefficient (Wildman–Crippen LogP) is 0.168. The minimum atomic E-state index is 0.477. The Kier molecular flexibility index (Phi) is 12.1. The maximum absolute atomic E-state index is 8.57. The lowest BCUT2D eigenvalue weighted by atomic mass is 10.4. The van der Waals surface area contributed by atoms with Crippen LogP contribution in [-0.4, -0.2) is 60.6 Å². The average Bonchev–Trinajstić information content (AvgIpc) is 3.13. The number of aliphatic imine (C=N–C) groups is 2. The molecule has 0 saturated carbocycles. The normalized spacial score (nSPS) is 11.4. The first kappa shape index (κ1) is 22.5. The molecule has 1 heterocycles. The van der Waals surface area contributed by atoms with E-state index < -0.39 is 0 Å². The van der Waals surface area contributed by atoms with Crippen LogP contribution in [0.15, 0.2) is 16.3 Å².